The minimum Gasteiger partial charge on any atom is -0.459 e. The summed E-state index contributed by atoms with van der Waals surface area (Å²) in [5.74, 6) is -0.709. The van der Waals surface area contributed by atoms with Crippen molar-refractivity contribution in [2.75, 3.05) is 18.4 Å². The van der Waals surface area contributed by atoms with Crippen LogP contribution in [0, 0.1) is 0 Å². The Bertz CT molecular complexity index is 976. The highest BCUT2D eigenvalue weighted by atomic mass is 16.5. The van der Waals surface area contributed by atoms with Crippen molar-refractivity contribution >= 4 is 28.5 Å². The standard InChI is InChI=1S/C20H20N4O3/c25-19(18-16-6-1-2-7-17(16)23-24-18)22-14-5-3-4-13(12-14)20(26)27-15-8-10-21-11-9-15/h1-7,12,15,21H,8-11H2,(H,22,25)(H,23,24). The smallest absolute Gasteiger partial charge is 0.338 e. The molecule has 4 rings (SSSR count). The van der Waals surface area contributed by atoms with Crippen LogP contribution in [-0.4, -0.2) is 41.3 Å². The fourth-order valence-electron chi connectivity index (χ4n) is 3.18. The first-order valence-electron chi connectivity index (χ1n) is 8.97. The lowest BCUT2D eigenvalue weighted by Gasteiger charge is -2.22. The van der Waals surface area contributed by atoms with Gasteiger partial charge in [0.1, 0.15) is 6.10 Å². The third-order valence-electron chi connectivity index (χ3n) is 4.60. The van der Waals surface area contributed by atoms with Crippen LogP contribution in [0.1, 0.15) is 33.7 Å². The normalized spacial score (nSPS) is 14.8. The summed E-state index contributed by atoms with van der Waals surface area (Å²) in [5, 5.41) is 13.7. The number of piperidine rings is 1. The molecule has 3 N–H and O–H groups in total. The number of amides is 1. The fraction of sp³-hybridized carbons (Fsp3) is 0.250. The second-order valence-electron chi connectivity index (χ2n) is 6.51. The molecule has 0 bridgehead atoms. The minimum atomic E-state index is -0.372. The van der Waals surface area contributed by atoms with Crippen LogP contribution in [0.5, 0.6) is 0 Å². The van der Waals surface area contributed by atoms with Crippen LogP contribution in [0.3, 0.4) is 0 Å². The molecule has 138 valence electrons. The van der Waals surface area contributed by atoms with Gasteiger partial charge in [-0.3, -0.25) is 9.89 Å². The van der Waals surface area contributed by atoms with Gasteiger partial charge in [-0.15, -0.1) is 0 Å². The number of nitrogens with zero attached hydrogens (tertiary/aromatic N) is 1. The van der Waals surface area contributed by atoms with E-state index < -0.39 is 0 Å². The van der Waals surface area contributed by atoms with Gasteiger partial charge in [-0.05, 0) is 50.2 Å². The van der Waals surface area contributed by atoms with E-state index in [9.17, 15) is 9.59 Å². The number of aromatic amines is 1. The number of para-hydroxylation sites is 1. The number of aromatic nitrogens is 2. The quantitative estimate of drug-likeness (QED) is 0.619. The maximum atomic E-state index is 12.6. The summed E-state index contributed by atoms with van der Waals surface area (Å²) in [5.41, 5.74) is 2.04. The number of hydrogen-bond acceptors (Lipinski definition) is 5. The molecule has 0 unspecified atom stereocenters. The number of fused-ring (bicyclic) bond motifs is 1. The number of anilines is 1. The van der Waals surface area contributed by atoms with E-state index in [0.717, 1.165) is 36.8 Å². The average Bonchev–Trinajstić information content (AvgIpc) is 3.13. The lowest BCUT2D eigenvalue weighted by atomic mass is 10.1. The predicted octanol–water partition coefficient (Wildman–Crippen LogP) is 2.72. The van der Waals surface area contributed by atoms with E-state index in [1.54, 1.807) is 24.3 Å². The van der Waals surface area contributed by atoms with Crippen molar-refractivity contribution in [3.8, 4) is 0 Å². The van der Waals surface area contributed by atoms with Gasteiger partial charge in [-0.2, -0.15) is 5.10 Å². The maximum Gasteiger partial charge on any atom is 0.338 e. The predicted molar refractivity (Wildman–Crippen MR) is 102 cm³/mol. The van der Waals surface area contributed by atoms with Gasteiger partial charge in [0.25, 0.3) is 5.91 Å². The molecule has 1 saturated heterocycles. The van der Waals surface area contributed by atoms with Gasteiger partial charge in [0.05, 0.1) is 11.1 Å². The highest BCUT2D eigenvalue weighted by Crippen LogP contribution is 2.19. The summed E-state index contributed by atoms with van der Waals surface area (Å²) in [6.07, 6.45) is 1.57. The summed E-state index contributed by atoms with van der Waals surface area (Å²) < 4.78 is 5.56. The summed E-state index contributed by atoms with van der Waals surface area (Å²) in [6, 6.07) is 14.2. The molecule has 27 heavy (non-hydrogen) atoms. The van der Waals surface area contributed by atoms with Gasteiger partial charge in [0.2, 0.25) is 0 Å². The summed E-state index contributed by atoms with van der Waals surface area (Å²) in [7, 11) is 0. The van der Waals surface area contributed by atoms with E-state index in [1.807, 2.05) is 24.3 Å². The van der Waals surface area contributed by atoms with Crippen molar-refractivity contribution in [1.82, 2.24) is 15.5 Å². The van der Waals surface area contributed by atoms with Crippen molar-refractivity contribution < 1.29 is 14.3 Å². The largest absolute Gasteiger partial charge is 0.459 e. The van der Waals surface area contributed by atoms with Crippen molar-refractivity contribution in [3.63, 3.8) is 0 Å². The Hall–Kier alpha value is -3.19. The Kier molecular flexibility index (Phi) is 4.84. The Morgan fingerprint density at radius 3 is 2.74 bits per heavy atom. The first kappa shape index (κ1) is 17.2. The molecule has 0 saturated carbocycles. The number of carbonyl (C=O) groups excluding carboxylic acids is 2. The number of rotatable bonds is 4. The molecule has 0 aliphatic carbocycles. The lowest BCUT2D eigenvalue weighted by Crippen LogP contribution is -2.33. The summed E-state index contributed by atoms with van der Waals surface area (Å²) >= 11 is 0. The zero-order valence-corrected chi connectivity index (χ0v) is 14.7. The second kappa shape index (κ2) is 7.59. The topological polar surface area (TPSA) is 96.1 Å². The number of carbonyl (C=O) groups is 2. The third-order valence-corrected chi connectivity index (χ3v) is 4.60. The molecule has 1 aliphatic rings. The molecule has 3 aromatic rings. The molecule has 2 aromatic carbocycles. The van der Waals surface area contributed by atoms with Gasteiger partial charge in [-0.1, -0.05) is 24.3 Å². The van der Waals surface area contributed by atoms with Crippen LogP contribution in [0.25, 0.3) is 10.9 Å². The number of nitrogens with one attached hydrogen (secondary N) is 3. The van der Waals surface area contributed by atoms with E-state index in [0.29, 0.717) is 16.9 Å². The molecule has 0 spiro atoms. The molecule has 1 amide bonds. The zero-order valence-electron chi connectivity index (χ0n) is 14.7. The van der Waals surface area contributed by atoms with E-state index >= 15 is 0 Å². The van der Waals surface area contributed by atoms with E-state index in [-0.39, 0.29) is 18.0 Å². The van der Waals surface area contributed by atoms with Gasteiger partial charge in [0, 0.05) is 11.1 Å². The number of hydrogen-bond donors (Lipinski definition) is 3. The van der Waals surface area contributed by atoms with Crippen LogP contribution in [0.2, 0.25) is 0 Å². The van der Waals surface area contributed by atoms with Crippen molar-refractivity contribution in [3.05, 3.63) is 59.8 Å². The Morgan fingerprint density at radius 1 is 1.07 bits per heavy atom. The van der Waals surface area contributed by atoms with Crippen molar-refractivity contribution in [1.29, 1.82) is 0 Å². The van der Waals surface area contributed by atoms with Gasteiger partial charge < -0.3 is 15.4 Å². The summed E-state index contributed by atoms with van der Waals surface area (Å²) in [6.45, 7) is 1.71. The van der Waals surface area contributed by atoms with Gasteiger partial charge in [-0.25, -0.2) is 4.79 Å². The average molecular weight is 364 g/mol. The molecule has 1 aromatic heterocycles. The molecule has 7 nitrogen and oxygen atoms in total. The van der Waals surface area contributed by atoms with Crippen molar-refractivity contribution in [2.24, 2.45) is 0 Å². The van der Waals surface area contributed by atoms with E-state index in [1.165, 1.54) is 0 Å². The molecular weight excluding hydrogens is 344 g/mol. The highest BCUT2D eigenvalue weighted by Gasteiger charge is 2.19. The first-order chi connectivity index (χ1) is 13.2. The van der Waals surface area contributed by atoms with Gasteiger partial charge >= 0.3 is 5.97 Å². The van der Waals surface area contributed by atoms with Crippen LogP contribution < -0.4 is 10.6 Å². The lowest BCUT2D eigenvalue weighted by molar-refractivity contribution is 0.0229. The highest BCUT2D eigenvalue weighted by molar-refractivity contribution is 6.11. The molecule has 1 fully saturated rings. The molecule has 0 atom stereocenters. The van der Waals surface area contributed by atoms with E-state index in [2.05, 4.69) is 20.8 Å². The fourth-order valence-corrected chi connectivity index (χ4v) is 3.18. The number of esters is 1. The van der Waals surface area contributed by atoms with E-state index in [4.69, 9.17) is 4.74 Å². The minimum absolute atomic E-state index is 0.0626. The monoisotopic (exact) mass is 364 g/mol. The molecule has 7 heteroatoms. The molecule has 2 heterocycles. The number of H-pyrrole nitrogens is 1. The molecule has 1 aliphatic heterocycles. The molecule has 0 radical (unpaired) electrons. The number of benzene rings is 2. The van der Waals surface area contributed by atoms with Crippen LogP contribution in [0.15, 0.2) is 48.5 Å². The Morgan fingerprint density at radius 2 is 1.89 bits per heavy atom. The van der Waals surface area contributed by atoms with Crippen LogP contribution in [0.4, 0.5) is 5.69 Å². The third kappa shape index (κ3) is 3.83. The first-order valence-corrected chi connectivity index (χ1v) is 8.97. The van der Waals surface area contributed by atoms with Crippen LogP contribution in [-0.2, 0) is 4.74 Å². The zero-order chi connectivity index (χ0) is 18.6. The Balaban J connectivity index is 1.47. The SMILES string of the molecule is O=C(OC1CCNCC1)c1cccc(NC(=O)c2n[nH]c3ccccc23)c1. The molecular formula is C20H20N4O3. The van der Waals surface area contributed by atoms with Gasteiger partial charge in [0.15, 0.2) is 5.69 Å². The summed E-state index contributed by atoms with van der Waals surface area (Å²) in [4.78, 5) is 25.0. The Labute approximate surface area is 156 Å². The second-order valence-corrected chi connectivity index (χ2v) is 6.51. The maximum absolute atomic E-state index is 12.6. The van der Waals surface area contributed by atoms with Crippen molar-refractivity contribution in [2.45, 2.75) is 18.9 Å². The van der Waals surface area contributed by atoms with Crippen LogP contribution >= 0.6 is 0 Å². The number of ether oxygens (including phenoxy) is 1.